The van der Waals surface area contributed by atoms with Crippen LogP contribution in [0.2, 0.25) is 0 Å². The van der Waals surface area contributed by atoms with Crippen molar-refractivity contribution < 1.29 is 19.1 Å². The van der Waals surface area contributed by atoms with Gasteiger partial charge in [0.25, 0.3) is 0 Å². The van der Waals surface area contributed by atoms with Gasteiger partial charge >= 0.3 is 0 Å². The van der Waals surface area contributed by atoms with E-state index in [2.05, 4.69) is 10.3 Å². The van der Waals surface area contributed by atoms with Crippen LogP contribution < -0.4 is 10.1 Å². The summed E-state index contributed by atoms with van der Waals surface area (Å²) in [6.45, 7) is 1.22. The Bertz CT molecular complexity index is 812. The van der Waals surface area contributed by atoms with E-state index >= 15 is 0 Å². The van der Waals surface area contributed by atoms with Gasteiger partial charge in [-0.25, -0.2) is 0 Å². The zero-order chi connectivity index (χ0) is 19.9. The van der Waals surface area contributed by atoms with Gasteiger partial charge in [-0.15, -0.1) is 0 Å². The second-order valence-corrected chi connectivity index (χ2v) is 6.65. The zero-order valence-electron chi connectivity index (χ0n) is 16.1. The highest BCUT2D eigenvalue weighted by Gasteiger charge is 2.45. The largest absolute Gasteiger partial charge is 0.496 e. The molecule has 1 aromatic heterocycles. The van der Waals surface area contributed by atoms with Crippen molar-refractivity contribution in [2.45, 2.75) is 19.0 Å². The Morgan fingerprint density at radius 1 is 1.21 bits per heavy atom. The first-order valence-electron chi connectivity index (χ1n) is 9.23. The lowest BCUT2D eigenvalue weighted by molar-refractivity contribution is -0.129. The molecule has 1 N–H and O–H groups in total. The van der Waals surface area contributed by atoms with Crippen LogP contribution in [0.25, 0.3) is 0 Å². The second-order valence-electron chi connectivity index (χ2n) is 6.65. The summed E-state index contributed by atoms with van der Waals surface area (Å²) >= 11 is 0. The van der Waals surface area contributed by atoms with Crippen molar-refractivity contribution in [3.63, 3.8) is 0 Å². The van der Waals surface area contributed by atoms with Gasteiger partial charge in [0, 0.05) is 44.6 Å². The Morgan fingerprint density at radius 2 is 1.96 bits per heavy atom. The van der Waals surface area contributed by atoms with Crippen LogP contribution in [0.4, 0.5) is 0 Å². The van der Waals surface area contributed by atoms with E-state index in [0.29, 0.717) is 25.4 Å². The van der Waals surface area contributed by atoms with Crippen LogP contribution in [0, 0.1) is 5.92 Å². The number of methoxy groups -OCH3 is 2. The first-order chi connectivity index (χ1) is 13.7. The van der Waals surface area contributed by atoms with E-state index in [1.807, 2.05) is 36.4 Å². The van der Waals surface area contributed by atoms with Gasteiger partial charge < -0.3 is 19.7 Å². The van der Waals surface area contributed by atoms with E-state index in [1.54, 1.807) is 31.5 Å². The molecule has 2 aromatic rings. The second kappa shape index (κ2) is 9.32. The van der Waals surface area contributed by atoms with E-state index in [1.165, 1.54) is 0 Å². The molecule has 2 atom stereocenters. The maximum absolute atomic E-state index is 13.0. The molecule has 7 heteroatoms. The summed E-state index contributed by atoms with van der Waals surface area (Å²) in [5.74, 6) is -0.0444. The average molecular weight is 383 g/mol. The molecular weight excluding hydrogens is 358 g/mol. The molecule has 0 unspecified atom stereocenters. The first kappa shape index (κ1) is 19.8. The predicted molar refractivity (Wildman–Crippen MR) is 104 cm³/mol. The fourth-order valence-corrected chi connectivity index (χ4v) is 3.60. The lowest BCUT2D eigenvalue weighted by Crippen LogP contribution is -2.36. The number of nitrogens with one attached hydrogen (secondary N) is 1. The number of ether oxygens (including phenoxy) is 2. The number of carbonyl (C=O) groups excluding carboxylic acids is 2. The minimum absolute atomic E-state index is 0.0583. The Hall–Kier alpha value is -2.93. The van der Waals surface area contributed by atoms with Crippen molar-refractivity contribution >= 4 is 11.8 Å². The monoisotopic (exact) mass is 383 g/mol. The molecule has 1 aliphatic heterocycles. The molecule has 28 heavy (non-hydrogen) atoms. The van der Waals surface area contributed by atoms with Crippen LogP contribution in [0.3, 0.4) is 0 Å². The standard InChI is InChI=1S/C21H25N3O4/c1-27-12-11-24-19(25)13-17(20(24)16-5-3-4-6-18(16)28-2)21(26)23-14-15-7-9-22-10-8-15/h3-10,17,20H,11-14H2,1-2H3,(H,23,26)/t17-,20+/m1/s1. The minimum atomic E-state index is -0.498. The van der Waals surface area contributed by atoms with Crippen LogP contribution in [0.1, 0.15) is 23.6 Å². The molecule has 7 nitrogen and oxygen atoms in total. The van der Waals surface area contributed by atoms with Gasteiger partial charge in [-0.05, 0) is 23.8 Å². The summed E-state index contributed by atoms with van der Waals surface area (Å²) in [6.07, 6.45) is 3.53. The highest BCUT2D eigenvalue weighted by Crippen LogP contribution is 2.41. The van der Waals surface area contributed by atoms with Crippen LogP contribution in [-0.2, 0) is 20.9 Å². The van der Waals surface area contributed by atoms with Crippen molar-refractivity contribution in [2.75, 3.05) is 27.4 Å². The molecule has 2 amide bonds. The number of benzene rings is 1. The fraction of sp³-hybridized carbons (Fsp3) is 0.381. The number of likely N-dealkylation sites (tertiary alicyclic amines) is 1. The highest BCUT2D eigenvalue weighted by molar-refractivity contribution is 5.90. The molecule has 1 saturated heterocycles. The van der Waals surface area contributed by atoms with Gasteiger partial charge in [-0.1, -0.05) is 18.2 Å². The smallest absolute Gasteiger partial charge is 0.226 e. The number of rotatable bonds is 8. The summed E-state index contributed by atoms with van der Waals surface area (Å²) in [5, 5.41) is 2.96. The third kappa shape index (κ3) is 4.31. The third-order valence-electron chi connectivity index (χ3n) is 4.98. The molecule has 1 fully saturated rings. The summed E-state index contributed by atoms with van der Waals surface area (Å²) in [6, 6.07) is 10.8. The average Bonchev–Trinajstić information content (AvgIpc) is 3.07. The number of para-hydroxylation sites is 1. The van der Waals surface area contributed by atoms with Gasteiger partial charge in [0.1, 0.15) is 5.75 Å². The minimum Gasteiger partial charge on any atom is -0.496 e. The Kier molecular flexibility index (Phi) is 6.60. The fourth-order valence-electron chi connectivity index (χ4n) is 3.60. The summed E-state index contributed by atoms with van der Waals surface area (Å²) in [5.41, 5.74) is 1.79. The van der Waals surface area contributed by atoms with E-state index in [9.17, 15) is 9.59 Å². The van der Waals surface area contributed by atoms with Crippen molar-refractivity contribution in [3.05, 3.63) is 59.9 Å². The molecule has 0 aliphatic carbocycles. The summed E-state index contributed by atoms with van der Waals surface area (Å²) in [7, 11) is 3.19. The van der Waals surface area contributed by atoms with Gasteiger partial charge in [-0.2, -0.15) is 0 Å². The Morgan fingerprint density at radius 3 is 2.68 bits per heavy atom. The summed E-state index contributed by atoms with van der Waals surface area (Å²) in [4.78, 5) is 31.4. The quantitative estimate of drug-likeness (QED) is 0.754. The van der Waals surface area contributed by atoms with Crippen LogP contribution in [0.5, 0.6) is 5.75 Å². The molecule has 1 aliphatic rings. The molecule has 0 saturated carbocycles. The number of hydrogen-bond acceptors (Lipinski definition) is 5. The molecule has 0 radical (unpaired) electrons. The molecule has 0 bridgehead atoms. The number of amides is 2. The normalized spacial score (nSPS) is 18.9. The lowest BCUT2D eigenvalue weighted by atomic mass is 9.92. The van der Waals surface area contributed by atoms with Crippen molar-refractivity contribution in [3.8, 4) is 5.75 Å². The molecule has 3 rings (SSSR count). The topological polar surface area (TPSA) is 80.8 Å². The maximum atomic E-state index is 13.0. The van der Waals surface area contributed by atoms with E-state index < -0.39 is 12.0 Å². The number of aromatic nitrogens is 1. The van der Waals surface area contributed by atoms with Crippen LogP contribution in [0.15, 0.2) is 48.8 Å². The number of carbonyl (C=O) groups is 2. The summed E-state index contributed by atoms with van der Waals surface area (Å²) < 4.78 is 10.7. The van der Waals surface area contributed by atoms with Crippen molar-refractivity contribution in [1.82, 2.24) is 15.2 Å². The Balaban J connectivity index is 1.85. The number of hydrogen-bond donors (Lipinski definition) is 1. The maximum Gasteiger partial charge on any atom is 0.226 e. The molecule has 1 aromatic carbocycles. The van der Waals surface area contributed by atoms with E-state index in [-0.39, 0.29) is 18.2 Å². The molecule has 0 spiro atoms. The SMILES string of the molecule is COCCN1C(=O)C[C@@H](C(=O)NCc2ccncc2)[C@@H]1c1ccccc1OC. The van der Waals surface area contributed by atoms with Crippen LogP contribution >= 0.6 is 0 Å². The van der Waals surface area contributed by atoms with Gasteiger partial charge in [-0.3, -0.25) is 14.6 Å². The van der Waals surface area contributed by atoms with Crippen molar-refractivity contribution in [1.29, 1.82) is 0 Å². The zero-order valence-corrected chi connectivity index (χ0v) is 16.1. The van der Waals surface area contributed by atoms with E-state index in [4.69, 9.17) is 9.47 Å². The van der Waals surface area contributed by atoms with Gasteiger partial charge in [0.05, 0.1) is 25.7 Å². The third-order valence-corrected chi connectivity index (χ3v) is 4.98. The number of pyridine rings is 1. The number of nitrogens with zero attached hydrogens (tertiary/aromatic N) is 2. The molecule has 2 heterocycles. The Labute approximate surface area is 164 Å². The van der Waals surface area contributed by atoms with Crippen molar-refractivity contribution in [2.24, 2.45) is 5.92 Å². The van der Waals surface area contributed by atoms with Gasteiger partial charge in [0.2, 0.25) is 11.8 Å². The predicted octanol–water partition coefficient (Wildman–Crippen LogP) is 1.94. The molecular formula is C21H25N3O4. The van der Waals surface area contributed by atoms with Gasteiger partial charge in [0.15, 0.2) is 0 Å². The highest BCUT2D eigenvalue weighted by atomic mass is 16.5. The molecule has 148 valence electrons. The first-order valence-corrected chi connectivity index (χ1v) is 9.23. The lowest BCUT2D eigenvalue weighted by Gasteiger charge is -2.29. The van der Waals surface area contributed by atoms with E-state index in [0.717, 1.165) is 11.1 Å². The van der Waals surface area contributed by atoms with Crippen LogP contribution in [-0.4, -0.2) is 49.1 Å².